The first kappa shape index (κ1) is 20.0. The molecule has 1 heterocycles. The zero-order valence-electron chi connectivity index (χ0n) is 16.0. The van der Waals surface area contributed by atoms with E-state index in [0.29, 0.717) is 28.6 Å². The summed E-state index contributed by atoms with van der Waals surface area (Å²) < 4.78 is 16.2. The van der Waals surface area contributed by atoms with E-state index in [1.807, 2.05) is 13.0 Å². The number of hydrogen-bond donors (Lipinski definition) is 1. The Balaban J connectivity index is 1.61. The van der Waals surface area contributed by atoms with Crippen LogP contribution in [0.3, 0.4) is 0 Å². The topological polar surface area (TPSA) is 73.9 Å². The average molecular weight is 404 g/mol. The van der Waals surface area contributed by atoms with Gasteiger partial charge in [0.1, 0.15) is 18.1 Å². The molecule has 1 N–H and O–H groups in total. The number of ether oxygens (including phenoxy) is 3. The van der Waals surface area contributed by atoms with Crippen LogP contribution in [0.5, 0.6) is 11.5 Å². The quantitative estimate of drug-likeness (QED) is 0.769. The lowest BCUT2D eigenvalue weighted by Gasteiger charge is -2.25. The maximum atomic E-state index is 12.5. The molecule has 7 heteroatoms. The van der Waals surface area contributed by atoms with Crippen LogP contribution in [0.4, 0.5) is 5.69 Å². The van der Waals surface area contributed by atoms with Gasteiger partial charge in [-0.3, -0.25) is 9.59 Å². The summed E-state index contributed by atoms with van der Waals surface area (Å²) in [7, 11) is 1.52. The molecular formula is C21H22ClNO5. The van der Waals surface area contributed by atoms with Gasteiger partial charge < -0.3 is 19.5 Å². The molecule has 1 aliphatic heterocycles. The Morgan fingerprint density at radius 1 is 1.25 bits per heavy atom. The second-order valence-electron chi connectivity index (χ2n) is 6.74. The highest BCUT2D eigenvalue weighted by Gasteiger charge is 2.30. The molecule has 148 valence electrons. The third-order valence-electron chi connectivity index (χ3n) is 4.54. The van der Waals surface area contributed by atoms with E-state index in [0.717, 1.165) is 11.1 Å². The summed E-state index contributed by atoms with van der Waals surface area (Å²) in [6.07, 6.45) is -0.507. The molecule has 6 nitrogen and oxygen atoms in total. The SMILES string of the molecule is COc1ccc(C)cc1NC(=O)[C@@H](C)OC(=O)[C@@H]1COc2ccc(Cl)cc2C1. The van der Waals surface area contributed by atoms with Crippen LogP contribution < -0.4 is 14.8 Å². The zero-order chi connectivity index (χ0) is 20.3. The fourth-order valence-corrected chi connectivity index (χ4v) is 3.19. The molecule has 1 amide bonds. The Morgan fingerprint density at radius 3 is 2.79 bits per heavy atom. The third-order valence-corrected chi connectivity index (χ3v) is 4.77. The van der Waals surface area contributed by atoms with E-state index in [1.165, 1.54) is 14.0 Å². The number of hydrogen-bond acceptors (Lipinski definition) is 5. The second kappa shape index (κ2) is 8.52. The normalized spacial score (nSPS) is 16.4. The van der Waals surface area contributed by atoms with Crippen molar-refractivity contribution < 1.29 is 23.8 Å². The van der Waals surface area contributed by atoms with E-state index in [1.54, 1.807) is 30.3 Å². The summed E-state index contributed by atoms with van der Waals surface area (Å²) in [6, 6.07) is 10.7. The summed E-state index contributed by atoms with van der Waals surface area (Å²) in [6.45, 7) is 3.64. The number of aryl methyl sites for hydroxylation is 1. The Labute approximate surface area is 168 Å². The first-order valence-electron chi connectivity index (χ1n) is 8.94. The largest absolute Gasteiger partial charge is 0.495 e. The van der Waals surface area contributed by atoms with E-state index in [9.17, 15) is 9.59 Å². The van der Waals surface area contributed by atoms with Crippen molar-refractivity contribution in [2.75, 3.05) is 19.0 Å². The highest BCUT2D eigenvalue weighted by Crippen LogP contribution is 2.30. The van der Waals surface area contributed by atoms with Crippen LogP contribution in [0, 0.1) is 12.8 Å². The summed E-state index contributed by atoms with van der Waals surface area (Å²) in [4.78, 5) is 25.0. The van der Waals surface area contributed by atoms with Crippen molar-refractivity contribution in [3.63, 3.8) is 0 Å². The Bertz CT molecular complexity index is 898. The van der Waals surface area contributed by atoms with Crippen molar-refractivity contribution in [2.24, 2.45) is 5.92 Å². The Kier molecular flexibility index (Phi) is 6.09. The number of benzene rings is 2. The van der Waals surface area contributed by atoms with Gasteiger partial charge in [0.05, 0.1) is 18.7 Å². The van der Waals surface area contributed by atoms with Gasteiger partial charge in [-0.25, -0.2) is 0 Å². The molecule has 0 fully saturated rings. The van der Waals surface area contributed by atoms with E-state index in [4.69, 9.17) is 25.8 Å². The number of carbonyl (C=O) groups excluding carboxylic acids is 2. The van der Waals surface area contributed by atoms with E-state index in [-0.39, 0.29) is 6.61 Å². The monoisotopic (exact) mass is 403 g/mol. The number of esters is 1. The summed E-state index contributed by atoms with van der Waals surface area (Å²) in [5.74, 6) is -0.158. The van der Waals surface area contributed by atoms with Crippen LogP contribution in [0.2, 0.25) is 5.02 Å². The van der Waals surface area contributed by atoms with Crippen LogP contribution in [-0.2, 0) is 20.7 Å². The van der Waals surface area contributed by atoms with Crippen LogP contribution >= 0.6 is 11.6 Å². The van der Waals surface area contributed by atoms with E-state index in [2.05, 4.69) is 5.32 Å². The Hall–Kier alpha value is -2.73. The van der Waals surface area contributed by atoms with Crippen molar-refractivity contribution in [3.8, 4) is 11.5 Å². The lowest BCUT2D eigenvalue weighted by molar-refractivity contribution is -0.158. The standard InChI is InChI=1S/C21H22ClNO5/c1-12-4-6-19(26-3)17(8-12)23-20(24)13(2)28-21(25)15-9-14-10-16(22)5-7-18(14)27-11-15/h4-8,10,13,15H,9,11H2,1-3H3,(H,23,24)/t13-,15+/m1/s1. The van der Waals surface area contributed by atoms with Gasteiger partial charge in [-0.15, -0.1) is 0 Å². The highest BCUT2D eigenvalue weighted by molar-refractivity contribution is 6.30. The lowest BCUT2D eigenvalue weighted by Crippen LogP contribution is -2.36. The second-order valence-corrected chi connectivity index (χ2v) is 7.17. The smallest absolute Gasteiger partial charge is 0.313 e. The Morgan fingerprint density at radius 2 is 2.04 bits per heavy atom. The zero-order valence-corrected chi connectivity index (χ0v) is 16.7. The fraction of sp³-hybridized carbons (Fsp3) is 0.333. The number of halogens is 1. The van der Waals surface area contributed by atoms with Gasteiger partial charge in [-0.1, -0.05) is 17.7 Å². The van der Waals surface area contributed by atoms with Gasteiger partial charge in [0.25, 0.3) is 5.91 Å². The summed E-state index contributed by atoms with van der Waals surface area (Å²) in [5.41, 5.74) is 2.35. The molecule has 1 aliphatic rings. The number of anilines is 1. The maximum Gasteiger partial charge on any atom is 0.313 e. The molecule has 0 aromatic heterocycles. The number of carbonyl (C=O) groups is 2. The van der Waals surface area contributed by atoms with Crippen molar-refractivity contribution in [1.29, 1.82) is 0 Å². The predicted molar refractivity (Wildman–Crippen MR) is 106 cm³/mol. The van der Waals surface area contributed by atoms with Crippen LogP contribution in [-0.4, -0.2) is 31.7 Å². The number of methoxy groups -OCH3 is 1. The first-order chi connectivity index (χ1) is 13.4. The lowest BCUT2D eigenvalue weighted by atomic mass is 9.97. The molecular weight excluding hydrogens is 382 g/mol. The summed E-state index contributed by atoms with van der Waals surface area (Å²) >= 11 is 6.01. The van der Waals surface area contributed by atoms with Gasteiger partial charge in [-0.05, 0) is 61.7 Å². The number of amides is 1. The number of nitrogens with one attached hydrogen (secondary N) is 1. The molecule has 0 saturated heterocycles. The van der Waals surface area contributed by atoms with E-state index < -0.39 is 23.9 Å². The van der Waals surface area contributed by atoms with Crippen molar-refractivity contribution >= 4 is 29.2 Å². The minimum Gasteiger partial charge on any atom is -0.495 e. The molecule has 2 aromatic carbocycles. The molecule has 0 unspecified atom stereocenters. The molecule has 28 heavy (non-hydrogen) atoms. The van der Waals surface area contributed by atoms with Crippen molar-refractivity contribution in [3.05, 3.63) is 52.5 Å². The minimum atomic E-state index is -0.960. The van der Waals surface area contributed by atoms with Gasteiger partial charge >= 0.3 is 5.97 Å². The minimum absolute atomic E-state index is 0.202. The molecule has 0 saturated carbocycles. The predicted octanol–water partition coefficient (Wildman–Crippen LogP) is 3.78. The summed E-state index contributed by atoms with van der Waals surface area (Å²) in [5, 5.41) is 3.32. The number of rotatable bonds is 5. The van der Waals surface area contributed by atoms with Gasteiger partial charge in [0.15, 0.2) is 6.10 Å². The van der Waals surface area contributed by atoms with Crippen LogP contribution in [0.25, 0.3) is 0 Å². The first-order valence-corrected chi connectivity index (χ1v) is 9.32. The van der Waals surface area contributed by atoms with Gasteiger partial charge in [-0.2, -0.15) is 0 Å². The van der Waals surface area contributed by atoms with Gasteiger partial charge in [0.2, 0.25) is 0 Å². The highest BCUT2D eigenvalue weighted by atomic mass is 35.5. The molecule has 2 atom stereocenters. The third kappa shape index (κ3) is 4.57. The fourth-order valence-electron chi connectivity index (χ4n) is 2.99. The molecule has 0 radical (unpaired) electrons. The average Bonchev–Trinajstić information content (AvgIpc) is 2.67. The van der Waals surface area contributed by atoms with Gasteiger partial charge in [0, 0.05) is 5.02 Å². The molecule has 0 spiro atoms. The van der Waals surface area contributed by atoms with Crippen LogP contribution in [0.15, 0.2) is 36.4 Å². The molecule has 2 aromatic rings. The van der Waals surface area contributed by atoms with E-state index >= 15 is 0 Å². The maximum absolute atomic E-state index is 12.5. The number of fused-ring (bicyclic) bond motifs is 1. The van der Waals surface area contributed by atoms with Crippen LogP contribution in [0.1, 0.15) is 18.1 Å². The van der Waals surface area contributed by atoms with Crippen molar-refractivity contribution in [1.82, 2.24) is 0 Å². The molecule has 0 bridgehead atoms. The van der Waals surface area contributed by atoms with Crippen molar-refractivity contribution in [2.45, 2.75) is 26.4 Å². The molecule has 0 aliphatic carbocycles. The molecule has 3 rings (SSSR count).